The number of nitrogens with two attached hydrogens (primary N) is 1. The molecule has 0 saturated heterocycles. The molecule has 0 saturated carbocycles. The lowest BCUT2D eigenvalue weighted by Gasteiger charge is -2.16. The Labute approximate surface area is 208 Å². The van der Waals surface area contributed by atoms with Gasteiger partial charge in [-0.2, -0.15) is 5.26 Å². The fourth-order valence-electron chi connectivity index (χ4n) is 3.70. The molecule has 2 aromatic heterocycles. The number of anilines is 2. The highest BCUT2D eigenvalue weighted by Crippen LogP contribution is 2.22. The van der Waals surface area contributed by atoms with Gasteiger partial charge in [0.1, 0.15) is 23.5 Å². The molecule has 2 aromatic carbocycles. The van der Waals surface area contributed by atoms with E-state index in [9.17, 15) is 14.4 Å². The van der Waals surface area contributed by atoms with Crippen molar-refractivity contribution in [3.63, 3.8) is 0 Å². The minimum absolute atomic E-state index is 0.243. The third-order valence-corrected chi connectivity index (χ3v) is 5.63. The first-order valence-electron chi connectivity index (χ1n) is 11.2. The molecule has 2 heterocycles. The van der Waals surface area contributed by atoms with Crippen LogP contribution < -0.4 is 16.4 Å². The number of nitrogens with zero attached hydrogens (tertiary/aromatic N) is 4. The number of pyridine rings is 1. The minimum Gasteiger partial charge on any atom is -0.382 e. The van der Waals surface area contributed by atoms with E-state index in [1.54, 1.807) is 19.1 Å². The third kappa shape index (κ3) is 5.62. The molecule has 0 aliphatic rings. The van der Waals surface area contributed by atoms with Crippen LogP contribution in [-0.4, -0.2) is 20.9 Å². The number of benzene rings is 2. The average molecular weight is 482 g/mol. The van der Waals surface area contributed by atoms with E-state index in [4.69, 9.17) is 5.73 Å². The topological polar surface area (TPSA) is 130 Å². The van der Waals surface area contributed by atoms with Gasteiger partial charge in [-0.3, -0.25) is 9.78 Å². The molecule has 0 aliphatic heterocycles. The van der Waals surface area contributed by atoms with Crippen molar-refractivity contribution in [2.75, 3.05) is 11.1 Å². The Hall–Kier alpha value is -4.84. The van der Waals surface area contributed by atoms with E-state index in [1.807, 2.05) is 37.3 Å². The number of rotatable bonds is 7. The zero-order valence-electron chi connectivity index (χ0n) is 19.8. The molecule has 9 heteroatoms. The largest absolute Gasteiger partial charge is 0.382 e. The fourth-order valence-corrected chi connectivity index (χ4v) is 3.70. The molecule has 8 nitrogen and oxygen atoms in total. The molecule has 0 spiro atoms. The van der Waals surface area contributed by atoms with Gasteiger partial charge in [-0.15, -0.1) is 0 Å². The average Bonchev–Trinajstić information content (AvgIpc) is 2.88. The molecule has 1 unspecified atom stereocenters. The lowest BCUT2D eigenvalue weighted by Crippen LogP contribution is -2.28. The standard InChI is InChI=1S/C27H24FN7O/c1-16(20-7-9-22(28)10-8-20)35-27(36)23-11-19(12-29)14-33-26(23)32-13-18-3-5-21(6-4-18)25-17(2)34-24(30)15-31-25/h3-11,14-16H,13H2,1-2H3,(H2,30,34)(H,32,33)(H,35,36). The van der Waals surface area contributed by atoms with Crippen LogP contribution in [-0.2, 0) is 6.54 Å². The van der Waals surface area contributed by atoms with Crippen LogP contribution in [0.15, 0.2) is 67.0 Å². The molecular formula is C27H24FN7O. The van der Waals surface area contributed by atoms with E-state index in [-0.39, 0.29) is 23.0 Å². The van der Waals surface area contributed by atoms with E-state index in [0.29, 0.717) is 18.2 Å². The van der Waals surface area contributed by atoms with Crippen LogP contribution in [0.5, 0.6) is 0 Å². The van der Waals surface area contributed by atoms with Crippen molar-refractivity contribution >= 4 is 17.5 Å². The van der Waals surface area contributed by atoms with Crippen molar-refractivity contribution in [3.8, 4) is 17.3 Å². The third-order valence-electron chi connectivity index (χ3n) is 5.63. The van der Waals surface area contributed by atoms with Gasteiger partial charge in [0.2, 0.25) is 0 Å². The van der Waals surface area contributed by atoms with Crippen molar-refractivity contribution < 1.29 is 9.18 Å². The molecule has 1 amide bonds. The molecule has 180 valence electrons. The number of amides is 1. The maximum Gasteiger partial charge on any atom is 0.255 e. The number of carbonyl (C=O) groups is 1. The Bertz CT molecular complexity index is 1430. The molecule has 36 heavy (non-hydrogen) atoms. The Kier molecular flexibility index (Phi) is 7.16. The van der Waals surface area contributed by atoms with Crippen LogP contribution in [0.4, 0.5) is 16.0 Å². The van der Waals surface area contributed by atoms with E-state index in [2.05, 4.69) is 25.6 Å². The Morgan fingerprint density at radius 3 is 2.50 bits per heavy atom. The van der Waals surface area contributed by atoms with Crippen LogP contribution in [0.25, 0.3) is 11.3 Å². The van der Waals surface area contributed by atoms with Gasteiger partial charge in [-0.05, 0) is 43.2 Å². The second-order valence-electron chi connectivity index (χ2n) is 8.26. The number of aryl methyl sites for hydroxylation is 1. The predicted molar refractivity (Wildman–Crippen MR) is 135 cm³/mol. The quantitative estimate of drug-likeness (QED) is 0.353. The van der Waals surface area contributed by atoms with Gasteiger partial charge in [0.15, 0.2) is 0 Å². The van der Waals surface area contributed by atoms with Crippen LogP contribution >= 0.6 is 0 Å². The first-order valence-corrected chi connectivity index (χ1v) is 11.2. The van der Waals surface area contributed by atoms with Gasteiger partial charge < -0.3 is 16.4 Å². The number of nitriles is 1. The highest BCUT2D eigenvalue weighted by Gasteiger charge is 2.17. The number of halogens is 1. The molecule has 0 fully saturated rings. The van der Waals surface area contributed by atoms with Crippen LogP contribution in [0.2, 0.25) is 0 Å². The molecular weight excluding hydrogens is 457 g/mol. The maximum absolute atomic E-state index is 13.2. The second-order valence-corrected chi connectivity index (χ2v) is 8.26. The highest BCUT2D eigenvalue weighted by molar-refractivity contribution is 5.99. The first-order chi connectivity index (χ1) is 17.3. The van der Waals surface area contributed by atoms with E-state index < -0.39 is 5.91 Å². The Morgan fingerprint density at radius 2 is 1.83 bits per heavy atom. The Balaban J connectivity index is 1.49. The predicted octanol–water partition coefficient (Wildman–Crippen LogP) is 4.54. The summed E-state index contributed by atoms with van der Waals surface area (Å²) in [5, 5.41) is 15.4. The summed E-state index contributed by atoms with van der Waals surface area (Å²) in [6, 6.07) is 16.8. The first kappa shape index (κ1) is 24.3. The zero-order valence-corrected chi connectivity index (χ0v) is 19.8. The number of nitrogen functional groups attached to an aromatic ring is 1. The number of carbonyl (C=O) groups excluding carboxylic acids is 1. The van der Waals surface area contributed by atoms with Gasteiger partial charge >= 0.3 is 0 Å². The summed E-state index contributed by atoms with van der Waals surface area (Å²) in [7, 11) is 0. The van der Waals surface area contributed by atoms with E-state index in [0.717, 1.165) is 28.1 Å². The van der Waals surface area contributed by atoms with Crippen molar-refractivity contribution in [1.29, 1.82) is 5.26 Å². The summed E-state index contributed by atoms with van der Waals surface area (Å²) >= 11 is 0. The van der Waals surface area contributed by atoms with Gasteiger partial charge in [-0.1, -0.05) is 36.4 Å². The maximum atomic E-state index is 13.2. The number of hydrogen-bond acceptors (Lipinski definition) is 7. The zero-order chi connectivity index (χ0) is 25.7. The second kappa shape index (κ2) is 10.6. The normalized spacial score (nSPS) is 11.4. The number of nitrogens with one attached hydrogen (secondary N) is 2. The van der Waals surface area contributed by atoms with Crippen molar-refractivity contribution in [2.24, 2.45) is 0 Å². The fraction of sp³-hybridized carbons (Fsp3) is 0.148. The van der Waals surface area contributed by atoms with Crippen molar-refractivity contribution in [1.82, 2.24) is 20.3 Å². The summed E-state index contributed by atoms with van der Waals surface area (Å²) in [5.41, 5.74) is 10.3. The van der Waals surface area contributed by atoms with Gasteiger partial charge in [-0.25, -0.2) is 14.4 Å². The Morgan fingerprint density at radius 1 is 1.11 bits per heavy atom. The summed E-state index contributed by atoms with van der Waals surface area (Å²) in [5.74, 6) is -0.0214. The van der Waals surface area contributed by atoms with Crippen molar-refractivity contribution in [2.45, 2.75) is 26.4 Å². The summed E-state index contributed by atoms with van der Waals surface area (Å²) < 4.78 is 13.2. The number of hydrogen-bond donors (Lipinski definition) is 3. The molecule has 4 N–H and O–H groups in total. The molecule has 0 aliphatic carbocycles. The molecule has 4 rings (SSSR count). The molecule has 0 radical (unpaired) electrons. The molecule has 4 aromatic rings. The van der Waals surface area contributed by atoms with Gasteiger partial charge in [0.05, 0.1) is 34.8 Å². The van der Waals surface area contributed by atoms with E-state index in [1.165, 1.54) is 30.6 Å². The summed E-state index contributed by atoms with van der Waals surface area (Å²) in [6.07, 6.45) is 2.94. The van der Waals surface area contributed by atoms with Crippen LogP contribution in [0.3, 0.4) is 0 Å². The smallest absolute Gasteiger partial charge is 0.255 e. The number of aromatic nitrogens is 3. The monoisotopic (exact) mass is 481 g/mol. The SMILES string of the molecule is Cc1nc(N)cnc1-c1ccc(CNc2ncc(C#N)cc2C(=O)NC(C)c2ccc(F)cc2)cc1. The summed E-state index contributed by atoms with van der Waals surface area (Å²) in [4.78, 5) is 26.0. The van der Waals surface area contributed by atoms with Crippen LogP contribution in [0, 0.1) is 24.1 Å². The minimum atomic E-state index is -0.397. The summed E-state index contributed by atoms with van der Waals surface area (Å²) in [6.45, 7) is 4.06. The van der Waals surface area contributed by atoms with E-state index >= 15 is 0 Å². The molecule has 1 atom stereocenters. The highest BCUT2D eigenvalue weighted by atomic mass is 19.1. The lowest BCUT2D eigenvalue weighted by molar-refractivity contribution is 0.0940. The van der Waals surface area contributed by atoms with Crippen LogP contribution in [0.1, 0.15) is 45.7 Å². The lowest BCUT2D eigenvalue weighted by atomic mass is 10.1. The van der Waals surface area contributed by atoms with Crippen molar-refractivity contribution in [3.05, 3.63) is 101 Å². The van der Waals surface area contributed by atoms with Gasteiger partial charge in [0, 0.05) is 18.3 Å². The molecule has 0 bridgehead atoms. The van der Waals surface area contributed by atoms with Gasteiger partial charge in [0.25, 0.3) is 5.91 Å².